The Morgan fingerprint density at radius 1 is 0.468 bits per heavy atom. The molecule has 0 aromatic rings. The monoisotopic (exact) mass is 1180 g/mol. The zero-order valence-electron chi connectivity index (χ0n) is 45.6. The number of phosphoric ester groups is 1. The molecule has 4 fully saturated rings. The van der Waals surface area contributed by atoms with E-state index in [0.29, 0.717) is 0 Å². The van der Waals surface area contributed by atoms with Crippen LogP contribution in [0, 0.1) is 17.8 Å². The molecule has 0 bridgehead atoms. The number of aliphatic hydroxyl groups excluding tert-OH is 11. The van der Waals surface area contributed by atoms with Crippen LogP contribution in [0.25, 0.3) is 0 Å². The molecule has 32 heteroatoms. The minimum Gasteiger partial charge on any atom is -0.477 e. The molecule has 16 atom stereocenters. The van der Waals surface area contributed by atoms with Gasteiger partial charge in [0.1, 0.15) is 24.4 Å². The summed E-state index contributed by atoms with van der Waals surface area (Å²) in [5, 5.41) is 142. The summed E-state index contributed by atoms with van der Waals surface area (Å²) in [6.07, 6.45) is -17.5. The second-order valence-corrected chi connectivity index (χ2v) is 22.3. The molecule has 4 saturated heterocycles. The Morgan fingerprint density at radius 3 is 1.00 bits per heavy atom. The van der Waals surface area contributed by atoms with E-state index in [0.717, 1.165) is 0 Å². The number of hydrogen-bond donors (Lipinski definition) is 17. The Labute approximate surface area is 456 Å². The summed E-state index contributed by atoms with van der Waals surface area (Å²) in [5.41, 5.74) is 0. The van der Waals surface area contributed by atoms with Crippen LogP contribution >= 0.6 is 7.82 Å². The predicted molar refractivity (Wildman–Crippen MR) is 264 cm³/mol. The second kappa shape index (κ2) is 33.5. The number of rotatable bonds is 25. The summed E-state index contributed by atoms with van der Waals surface area (Å²) in [7, 11) is -4.87. The number of hydrogen-bond acceptors (Lipinski definition) is 25. The molecule has 79 heavy (non-hydrogen) atoms. The number of carbonyl (C=O) groups is 4. The van der Waals surface area contributed by atoms with Crippen LogP contribution in [0.2, 0.25) is 0 Å². The van der Waals surface area contributed by atoms with E-state index < -0.39 is 174 Å². The van der Waals surface area contributed by atoms with E-state index in [1.54, 1.807) is 41.5 Å². The van der Waals surface area contributed by atoms with Crippen molar-refractivity contribution in [2.45, 2.75) is 209 Å². The minimum absolute atomic E-state index is 0.0108. The van der Waals surface area contributed by atoms with Gasteiger partial charge in [-0.05, 0) is 31.6 Å². The first kappa shape index (κ1) is 74.2. The molecule has 0 radical (unpaired) electrons. The molecule has 4 heterocycles. The number of ether oxygens (including phenoxy) is 8. The number of phosphoric acid groups is 1. The highest BCUT2D eigenvalue weighted by atomic mass is 31.2. The van der Waals surface area contributed by atoms with Crippen LogP contribution in [-0.4, -0.2) is 259 Å². The fraction of sp³-hybridized carbons (Fsp3) is 0.915. The number of carboxylic acid groups (broad SMARTS) is 4. The van der Waals surface area contributed by atoms with Crippen LogP contribution in [0.3, 0.4) is 0 Å². The molecule has 31 nitrogen and oxygen atoms in total. The molecular formula is C47H87O31P. The van der Waals surface area contributed by atoms with Crippen molar-refractivity contribution < 1.29 is 153 Å². The van der Waals surface area contributed by atoms with E-state index in [1.807, 2.05) is 13.8 Å². The van der Waals surface area contributed by atoms with Crippen LogP contribution in [0.5, 0.6) is 0 Å². The molecule has 0 spiro atoms. The van der Waals surface area contributed by atoms with Crippen molar-refractivity contribution in [3.8, 4) is 0 Å². The summed E-state index contributed by atoms with van der Waals surface area (Å²) in [6.45, 7) is 11.6. The third-order valence-electron chi connectivity index (χ3n) is 11.7. The van der Waals surface area contributed by atoms with Crippen LogP contribution in [-0.2, 0) is 66.2 Å². The van der Waals surface area contributed by atoms with Gasteiger partial charge < -0.3 is 124 Å². The van der Waals surface area contributed by atoms with Gasteiger partial charge in [-0.2, -0.15) is 0 Å². The van der Waals surface area contributed by atoms with Crippen molar-refractivity contribution in [2.75, 3.05) is 46.2 Å². The lowest BCUT2D eigenvalue weighted by atomic mass is 9.92. The average Bonchev–Trinajstić information content (AvgIpc) is 3.34. The van der Waals surface area contributed by atoms with Gasteiger partial charge in [0, 0.05) is 57.5 Å². The number of aliphatic carboxylic acids is 4. The fourth-order valence-electron chi connectivity index (χ4n) is 8.06. The maximum absolute atomic E-state index is 12.2. The highest BCUT2D eigenvalue weighted by molar-refractivity contribution is 7.46. The maximum atomic E-state index is 12.2. The third kappa shape index (κ3) is 24.2. The molecule has 4 aliphatic rings. The van der Waals surface area contributed by atoms with E-state index in [4.69, 9.17) is 63.0 Å². The van der Waals surface area contributed by atoms with E-state index in [2.05, 4.69) is 4.52 Å². The molecule has 17 N–H and O–H groups in total. The summed E-state index contributed by atoms with van der Waals surface area (Å²) >= 11 is 0. The first-order valence-electron chi connectivity index (χ1n) is 25.6. The van der Waals surface area contributed by atoms with Gasteiger partial charge in [-0.1, -0.05) is 41.5 Å². The van der Waals surface area contributed by atoms with Crippen LogP contribution in [0.15, 0.2) is 0 Å². The summed E-state index contributed by atoms with van der Waals surface area (Å²) < 4.78 is 59.1. The molecule has 0 saturated carbocycles. The standard InChI is InChI=1S/C20H34O13.C12H23O10P.C12H22O7.C3H8O/c1-10(2)9-30-19(17(26)27)6-12(4-16(32-19)14(25)8-22)31-20(18(28)29)5-11(23)3-15(33-20)13(24)7-21;1-7(2)6-20-12(11(15)16)4-8(22-23(17,18)19)3-10(21-12)9(14)5-13;1-7(2)6-18-12(11(16)17)4-8(14)3-10(19-12)9(15)5-13;1-3(2)4/h10-16,21-25H,3-9H2,1-2H3,(H,26,27)(H,28,29);7-10,13-14H,3-6H2,1-2H3,(H,15,16)(H2,17,18,19);7-10,13-15H,3-6H2,1-2H3,(H,16,17);3-4H,1-2H3/t11-,12-,13+,14+,15?,16?,19+,20+;2*8-,9+,10?,12+;/m000./s1. The van der Waals surface area contributed by atoms with Crippen molar-refractivity contribution in [3.63, 3.8) is 0 Å². The van der Waals surface area contributed by atoms with Gasteiger partial charge in [0.05, 0.1) is 95.1 Å². The van der Waals surface area contributed by atoms with Gasteiger partial charge in [0.25, 0.3) is 23.1 Å². The van der Waals surface area contributed by atoms with E-state index in [9.17, 15) is 85.0 Å². The fourth-order valence-corrected chi connectivity index (χ4v) is 8.61. The lowest BCUT2D eigenvalue weighted by Crippen LogP contribution is -2.61. The lowest BCUT2D eigenvalue weighted by Gasteiger charge is -2.47. The first-order chi connectivity index (χ1) is 36.4. The lowest BCUT2D eigenvalue weighted by molar-refractivity contribution is -0.349. The zero-order chi connectivity index (χ0) is 61.0. The largest absolute Gasteiger partial charge is 0.477 e. The Hall–Kier alpha value is -2.77. The van der Waals surface area contributed by atoms with Gasteiger partial charge in [-0.3, -0.25) is 4.52 Å². The molecule has 4 unspecified atom stereocenters. The van der Waals surface area contributed by atoms with E-state index >= 15 is 0 Å². The minimum atomic E-state index is -4.87. The predicted octanol–water partition coefficient (Wildman–Crippen LogP) is -2.80. The topological polar surface area (TPSA) is 512 Å². The van der Waals surface area contributed by atoms with Crippen molar-refractivity contribution in [1.82, 2.24) is 0 Å². The molecule has 0 aliphatic carbocycles. The van der Waals surface area contributed by atoms with Crippen molar-refractivity contribution >= 4 is 31.7 Å². The van der Waals surface area contributed by atoms with Gasteiger partial charge in [0.15, 0.2) is 0 Å². The highest BCUT2D eigenvalue weighted by Gasteiger charge is 2.57. The first-order valence-corrected chi connectivity index (χ1v) is 27.1. The third-order valence-corrected chi connectivity index (χ3v) is 12.3. The van der Waals surface area contributed by atoms with Gasteiger partial charge in [-0.25, -0.2) is 23.7 Å². The number of carboxylic acids is 4. The molecular weight excluding hydrogens is 1090 g/mol. The normalized spacial score (nSPS) is 32.8. The van der Waals surface area contributed by atoms with Crippen LogP contribution < -0.4 is 0 Å². The average molecular weight is 1180 g/mol. The molecule has 4 rings (SSSR count). The smallest absolute Gasteiger partial charge is 0.469 e. The van der Waals surface area contributed by atoms with Crippen molar-refractivity contribution in [3.05, 3.63) is 0 Å². The van der Waals surface area contributed by atoms with Crippen LogP contribution in [0.1, 0.15) is 107 Å². The summed E-state index contributed by atoms with van der Waals surface area (Å²) in [6, 6.07) is 0. The Bertz CT molecular complexity index is 1870. The van der Waals surface area contributed by atoms with Gasteiger partial charge >= 0.3 is 31.7 Å². The Kier molecular flexibility index (Phi) is 31.5. The molecule has 0 aromatic carbocycles. The molecule has 466 valence electrons. The van der Waals surface area contributed by atoms with Crippen LogP contribution in [0.4, 0.5) is 0 Å². The zero-order valence-corrected chi connectivity index (χ0v) is 46.5. The van der Waals surface area contributed by atoms with Gasteiger partial charge in [0.2, 0.25) is 0 Å². The maximum Gasteiger partial charge on any atom is 0.469 e. The summed E-state index contributed by atoms with van der Waals surface area (Å²) in [4.78, 5) is 65.1. The van der Waals surface area contributed by atoms with E-state index in [1.165, 1.54) is 0 Å². The molecule has 0 aromatic heterocycles. The van der Waals surface area contributed by atoms with Gasteiger partial charge in [-0.15, -0.1) is 0 Å². The SMILES string of the molecule is CC(C)CO[C@]1(C(=O)O)C[C@@H](O)CC([C@H](O)CO)O1.CC(C)CO[C@]1(C(=O)O)C[C@@H](OP(=O)(O)O)CC([C@H](O)CO)O1.CC(C)CO[C@]1(C(=O)O)C[C@@H](O[C@]2(C(=O)O)C[C@@H](O)CC([C@H](O)CO)O2)CC([C@H](O)CO)O1.CC(C)O. The van der Waals surface area contributed by atoms with Crippen molar-refractivity contribution in [1.29, 1.82) is 0 Å². The highest BCUT2D eigenvalue weighted by Crippen LogP contribution is 2.45. The Morgan fingerprint density at radius 2 is 0.722 bits per heavy atom. The Balaban J connectivity index is 0.000000595. The number of aliphatic hydroxyl groups is 11. The summed E-state index contributed by atoms with van der Waals surface area (Å²) in [5.74, 6) is -15.0. The van der Waals surface area contributed by atoms with Crippen molar-refractivity contribution in [2.24, 2.45) is 17.8 Å². The second-order valence-electron chi connectivity index (χ2n) is 21.1. The molecule has 0 amide bonds. The van der Waals surface area contributed by atoms with E-state index in [-0.39, 0.29) is 75.8 Å². The molecule has 4 aliphatic heterocycles. The quantitative estimate of drug-likeness (QED) is 0.0411.